The van der Waals surface area contributed by atoms with Crippen LogP contribution in [-0.2, 0) is 14.6 Å². The molecule has 1 N–H and O–H groups in total. The summed E-state index contributed by atoms with van der Waals surface area (Å²) in [5, 5.41) is 2.80. The lowest BCUT2D eigenvalue weighted by atomic mass is 10.0. The largest absolute Gasteiger partial charge is 0.481 e. The molecule has 1 aliphatic heterocycles. The molecule has 1 aliphatic rings. The van der Waals surface area contributed by atoms with Crippen LogP contribution in [0, 0.1) is 6.92 Å². The van der Waals surface area contributed by atoms with Gasteiger partial charge in [-0.15, -0.1) is 0 Å². The van der Waals surface area contributed by atoms with E-state index in [1.54, 1.807) is 19.9 Å². The lowest BCUT2D eigenvalue weighted by Gasteiger charge is -2.26. The van der Waals surface area contributed by atoms with Gasteiger partial charge < -0.3 is 10.1 Å². The van der Waals surface area contributed by atoms with Crippen molar-refractivity contribution < 1.29 is 17.9 Å². The van der Waals surface area contributed by atoms with E-state index in [-0.39, 0.29) is 17.4 Å². The summed E-state index contributed by atoms with van der Waals surface area (Å²) in [4.78, 5) is 12.2. The number of hydrogen-bond acceptors (Lipinski definition) is 4. The molecule has 2 atom stereocenters. The summed E-state index contributed by atoms with van der Waals surface area (Å²) in [6.45, 7) is 5.36. The van der Waals surface area contributed by atoms with Crippen LogP contribution < -0.4 is 10.1 Å². The number of ether oxygens (including phenoxy) is 1. The number of carbonyl (C=O) groups excluding carboxylic acids is 1. The van der Waals surface area contributed by atoms with Gasteiger partial charge in [0.2, 0.25) is 0 Å². The zero-order valence-corrected chi connectivity index (χ0v) is 13.4. The number of hydrogen-bond donors (Lipinski definition) is 1. The fourth-order valence-corrected chi connectivity index (χ4v) is 4.55. The molecule has 0 unspecified atom stereocenters. The number of sulfone groups is 1. The first-order valence-corrected chi connectivity index (χ1v) is 8.77. The monoisotopic (exact) mass is 311 g/mol. The van der Waals surface area contributed by atoms with Gasteiger partial charge in [0.25, 0.3) is 5.91 Å². The van der Waals surface area contributed by atoms with Crippen LogP contribution in [-0.4, -0.2) is 37.5 Å². The van der Waals surface area contributed by atoms with Gasteiger partial charge >= 0.3 is 0 Å². The van der Waals surface area contributed by atoms with E-state index >= 15 is 0 Å². The molecule has 5 nitrogen and oxygen atoms in total. The molecule has 21 heavy (non-hydrogen) atoms. The van der Waals surface area contributed by atoms with Gasteiger partial charge in [0.15, 0.2) is 15.9 Å². The fourth-order valence-electron chi connectivity index (χ4n) is 2.45. The van der Waals surface area contributed by atoms with Gasteiger partial charge in [0.05, 0.1) is 17.0 Å². The van der Waals surface area contributed by atoms with Crippen molar-refractivity contribution in [2.24, 2.45) is 0 Å². The van der Waals surface area contributed by atoms with Crippen molar-refractivity contribution in [1.82, 2.24) is 5.32 Å². The highest BCUT2D eigenvalue weighted by Gasteiger charge is 2.40. The first kappa shape index (κ1) is 15.8. The van der Waals surface area contributed by atoms with Gasteiger partial charge in [0.1, 0.15) is 5.75 Å². The Kier molecular flexibility index (Phi) is 4.27. The quantitative estimate of drug-likeness (QED) is 0.913. The van der Waals surface area contributed by atoms with Crippen LogP contribution in [0.25, 0.3) is 0 Å². The molecular weight excluding hydrogens is 290 g/mol. The second-order valence-electron chi connectivity index (χ2n) is 5.97. The Hall–Kier alpha value is -1.56. The molecular formula is C15H21NO4S. The van der Waals surface area contributed by atoms with Crippen molar-refractivity contribution in [1.29, 1.82) is 0 Å². The predicted molar refractivity (Wildman–Crippen MR) is 81.1 cm³/mol. The van der Waals surface area contributed by atoms with Crippen molar-refractivity contribution in [2.45, 2.75) is 38.8 Å². The van der Waals surface area contributed by atoms with Crippen LogP contribution in [0.3, 0.4) is 0 Å². The van der Waals surface area contributed by atoms with Gasteiger partial charge in [-0.05, 0) is 44.9 Å². The Morgan fingerprint density at radius 1 is 1.43 bits per heavy atom. The van der Waals surface area contributed by atoms with Crippen molar-refractivity contribution in [3.63, 3.8) is 0 Å². The first-order chi connectivity index (χ1) is 9.69. The number of carbonyl (C=O) groups is 1. The predicted octanol–water partition coefficient (Wildman–Crippen LogP) is 1.46. The summed E-state index contributed by atoms with van der Waals surface area (Å²) in [7, 11) is -3.05. The van der Waals surface area contributed by atoms with Gasteiger partial charge in [-0.25, -0.2) is 8.42 Å². The van der Waals surface area contributed by atoms with Crippen LogP contribution in [0.2, 0.25) is 0 Å². The zero-order chi connectivity index (χ0) is 15.7. The van der Waals surface area contributed by atoms with Gasteiger partial charge in [-0.2, -0.15) is 0 Å². The molecule has 1 aromatic rings. The molecule has 2 rings (SSSR count). The van der Waals surface area contributed by atoms with Gasteiger partial charge in [-0.3, -0.25) is 4.79 Å². The topological polar surface area (TPSA) is 72.5 Å². The van der Waals surface area contributed by atoms with E-state index in [9.17, 15) is 13.2 Å². The Labute approximate surface area is 125 Å². The highest BCUT2D eigenvalue weighted by molar-refractivity contribution is 7.91. The van der Waals surface area contributed by atoms with Crippen LogP contribution in [0.4, 0.5) is 0 Å². The number of rotatable bonds is 4. The maximum absolute atomic E-state index is 12.2. The molecule has 1 saturated heterocycles. The molecule has 0 bridgehead atoms. The van der Waals surface area contributed by atoms with Crippen molar-refractivity contribution in [3.05, 3.63) is 29.8 Å². The molecule has 0 spiro atoms. The summed E-state index contributed by atoms with van der Waals surface area (Å²) in [6.07, 6.45) is -0.231. The average Bonchev–Trinajstić information content (AvgIpc) is 2.63. The lowest BCUT2D eigenvalue weighted by Crippen LogP contribution is -2.51. The zero-order valence-electron chi connectivity index (χ0n) is 12.5. The van der Waals surface area contributed by atoms with Crippen LogP contribution in [0.1, 0.15) is 25.8 Å². The molecule has 1 amide bonds. The maximum atomic E-state index is 12.2. The summed E-state index contributed by atoms with van der Waals surface area (Å²) < 4.78 is 28.7. The third kappa shape index (κ3) is 4.20. The van der Waals surface area contributed by atoms with E-state index in [2.05, 4.69) is 5.32 Å². The van der Waals surface area contributed by atoms with E-state index in [4.69, 9.17) is 4.74 Å². The minimum Gasteiger partial charge on any atom is -0.481 e. The maximum Gasteiger partial charge on any atom is 0.261 e. The smallest absolute Gasteiger partial charge is 0.261 e. The summed E-state index contributed by atoms with van der Waals surface area (Å²) in [6, 6.07) is 7.45. The van der Waals surface area contributed by atoms with Crippen molar-refractivity contribution >= 4 is 15.7 Å². The molecule has 116 valence electrons. The molecule has 0 aromatic heterocycles. The number of benzene rings is 1. The Morgan fingerprint density at radius 3 is 2.71 bits per heavy atom. The summed E-state index contributed by atoms with van der Waals surface area (Å²) >= 11 is 0. The normalized spacial score (nSPS) is 25.3. The minimum atomic E-state index is -3.05. The van der Waals surface area contributed by atoms with Crippen molar-refractivity contribution in [3.8, 4) is 5.75 Å². The second kappa shape index (κ2) is 5.67. The number of amides is 1. The average molecular weight is 311 g/mol. The highest BCUT2D eigenvalue weighted by Crippen LogP contribution is 2.23. The number of nitrogens with one attached hydrogen (secondary N) is 1. The van der Waals surface area contributed by atoms with E-state index in [1.165, 1.54) is 0 Å². The van der Waals surface area contributed by atoms with Crippen LogP contribution in [0.5, 0.6) is 5.75 Å². The third-order valence-electron chi connectivity index (χ3n) is 3.60. The van der Waals surface area contributed by atoms with E-state index in [0.717, 1.165) is 5.56 Å². The van der Waals surface area contributed by atoms with Crippen LogP contribution >= 0.6 is 0 Å². The van der Waals surface area contributed by atoms with Gasteiger partial charge in [-0.1, -0.05) is 12.1 Å². The van der Waals surface area contributed by atoms with Crippen molar-refractivity contribution in [2.75, 3.05) is 11.5 Å². The standard InChI is InChI=1S/C15H21NO4S/c1-11-5-4-6-13(9-11)20-12(2)14(17)16-15(3)7-8-21(18,19)10-15/h4-6,9,12H,7-8,10H2,1-3H3,(H,16,17)/t12-,15+/m0/s1. The van der Waals surface area contributed by atoms with E-state index in [1.807, 2.05) is 25.1 Å². The molecule has 1 heterocycles. The highest BCUT2D eigenvalue weighted by atomic mass is 32.2. The molecule has 1 fully saturated rings. The second-order valence-corrected chi connectivity index (χ2v) is 8.15. The SMILES string of the molecule is Cc1cccc(O[C@@H](C)C(=O)N[C@]2(C)CCS(=O)(=O)C2)c1. The minimum absolute atomic E-state index is 0.0110. The molecule has 6 heteroatoms. The van der Waals surface area contributed by atoms with Crippen LogP contribution in [0.15, 0.2) is 24.3 Å². The Morgan fingerprint density at radius 2 is 2.14 bits per heavy atom. The summed E-state index contributed by atoms with van der Waals surface area (Å²) in [5.41, 5.74) is 0.356. The fraction of sp³-hybridized carbons (Fsp3) is 0.533. The molecule has 0 saturated carbocycles. The molecule has 0 radical (unpaired) electrons. The summed E-state index contributed by atoms with van der Waals surface area (Å²) in [5.74, 6) is 0.442. The Balaban J connectivity index is 1.97. The van der Waals surface area contributed by atoms with E-state index < -0.39 is 21.5 Å². The number of aryl methyl sites for hydroxylation is 1. The first-order valence-electron chi connectivity index (χ1n) is 6.95. The third-order valence-corrected chi connectivity index (χ3v) is 5.50. The van der Waals surface area contributed by atoms with Gasteiger partial charge in [0, 0.05) is 0 Å². The van der Waals surface area contributed by atoms with E-state index in [0.29, 0.717) is 12.2 Å². The molecule has 0 aliphatic carbocycles. The lowest BCUT2D eigenvalue weighted by molar-refractivity contribution is -0.128. The molecule has 1 aromatic carbocycles. The Bertz CT molecular complexity index is 641.